The Kier molecular flexibility index (Phi) is 9.92. The lowest BCUT2D eigenvalue weighted by atomic mass is 10.1. The van der Waals surface area contributed by atoms with Crippen LogP contribution >= 0.6 is 11.6 Å². The summed E-state index contributed by atoms with van der Waals surface area (Å²) in [6.45, 7) is 0. The third-order valence-corrected chi connectivity index (χ3v) is 2.93. The third-order valence-electron chi connectivity index (χ3n) is 2.55. The van der Waals surface area contributed by atoms with Crippen molar-refractivity contribution in [3.8, 4) is 0 Å². The molecule has 0 bridgehead atoms. The summed E-state index contributed by atoms with van der Waals surface area (Å²) >= 11 is 5.83. The number of carboxylic acid groups (broad SMARTS) is 2. The summed E-state index contributed by atoms with van der Waals surface area (Å²) < 4.78 is 0. The summed E-state index contributed by atoms with van der Waals surface area (Å²) in [5.74, 6) is -1.58. The monoisotopic (exact) mass is 264 g/mol. The van der Waals surface area contributed by atoms with Gasteiger partial charge in [0.2, 0.25) is 0 Å². The first-order valence-corrected chi connectivity index (χ1v) is 6.53. The SMILES string of the molecule is O=C(O)CCCCCCCC[C@H](Cl)CC(=O)O. The number of alkyl halides is 1. The number of carbonyl (C=O) groups is 2. The van der Waals surface area contributed by atoms with Crippen molar-refractivity contribution in [1.29, 1.82) is 0 Å². The molecular weight excluding hydrogens is 244 g/mol. The highest BCUT2D eigenvalue weighted by Crippen LogP contribution is 2.14. The molecule has 0 radical (unpaired) electrons. The van der Waals surface area contributed by atoms with Gasteiger partial charge in [-0.05, 0) is 12.8 Å². The summed E-state index contributed by atoms with van der Waals surface area (Å²) in [7, 11) is 0. The Morgan fingerprint density at radius 1 is 0.882 bits per heavy atom. The highest BCUT2D eigenvalue weighted by molar-refractivity contribution is 6.21. The van der Waals surface area contributed by atoms with Gasteiger partial charge in [-0.15, -0.1) is 11.6 Å². The molecule has 0 saturated heterocycles. The molecular formula is C12H21ClO4. The number of hydrogen-bond donors (Lipinski definition) is 2. The minimum absolute atomic E-state index is 0.0279. The van der Waals surface area contributed by atoms with Gasteiger partial charge in [-0.25, -0.2) is 0 Å². The van der Waals surface area contributed by atoms with Gasteiger partial charge in [0.15, 0.2) is 0 Å². The van der Waals surface area contributed by atoms with E-state index < -0.39 is 11.9 Å². The van der Waals surface area contributed by atoms with E-state index in [1.54, 1.807) is 0 Å². The zero-order chi connectivity index (χ0) is 13.1. The van der Waals surface area contributed by atoms with E-state index in [9.17, 15) is 9.59 Å². The molecule has 0 amide bonds. The van der Waals surface area contributed by atoms with Gasteiger partial charge in [-0.2, -0.15) is 0 Å². The van der Waals surface area contributed by atoms with Gasteiger partial charge in [0.25, 0.3) is 0 Å². The van der Waals surface area contributed by atoms with Crippen LogP contribution in [0.5, 0.6) is 0 Å². The van der Waals surface area contributed by atoms with E-state index in [0.717, 1.165) is 44.9 Å². The number of halogens is 1. The molecule has 17 heavy (non-hydrogen) atoms. The summed E-state index contributed by atoms with van der Waals surface area (Å²) in [5, 5.41) is 16.7. The number of rotatable bonds is 11. The van der Waals surface area contributed by atoms with Crippen LogP contribution in [0.2, 0.25) is 0 Å². The van der Waals surface area contributed by atoms with Crippen molar-refractivity contribution in [2.75, 3.05) is 0 Å². The Morgan fingerprint density at radius 2 is 1.41 bits per heavy atom. The second kappa shape index (κ2) is 10.4. The molecule has 0 rings (SSSR count). The maximum absolute atomic E-state index is 10.3. The average molecular weight is 265 g/mol. The Morgan fingerprint density at radius 3 is 1.94 bits per heavy atom. The van der Waals surface area contributed by atoms with Crippen LogP contribution in [0.15, 0.2) is 0 Å². The minimum Gasteiger partial charge on any atom is -0.481 e. The standard InChI is InChI=1S/C12H21ClO4/c13-10(9-12(16)17)7-5-3-1-2-4-6-8-11(14)15/h10H,1-9H2,(H,14,15)(H,16,17)/t10-/m0/s1. The van der Waals surface area contributed by atoms with Gasteiger partial charge in [0.05, 0.1) is 6.42 Å². The Labute approximate surface area is 107 Å². The van der Waals surface area contributed by atoms with Crippen LogP contribution < -0.4 is 0 Å². The highest BCUT2D eigenvalue weighted by atomic mass is 35.5. The first-order chi connectivity index (χ1) is 8.02. The lowest BCUT2D eigenvalue weighted by Crippen LogP contribution is -2.06. The van der Waals surface area contributed by atoms with E-state index in [2.05, 4.69) is 0 Å². The summed E-state index contributed by atoms with van der Waals surface area (Å²) in [4.78, 5) is 20.6. The van der Waals surface area contributed by atoms with Crippen LogP contribution in [0, 0.1) is 0 Å². The van der Waals surface area contributed by atoms with Crippen molar-refractivity contribution >= 4 is 23.5 Å². The molecule has 2 N–H and O–H groups in total. The second-order valence-corrected chi connectivity index (χ2v) is 4.87. The third kappa shape index (κ3) is 13.2. The van der Waals surface area contributed by atoms with Crippen molar-refractivity contribution in [2.45, 2.75) is 63.2 Å². The summed E-state index contributed by atoms with van der Waals surface area (Å²) in [5.41, 5.74) is 0. The van der Waals surface area contributed by atoms with E-state index in [-0.39, 0.29) is 18.2 Å². The molecule has 0 spiro atoms. The van der Waals surface area contributed by atoms with Crippen molar-refractivity contribution in [3.05, 3.63) is 0 Å². The predicted octanol–water partition coefficient (Wildman–Crippen LogP) is 3.27. The molecule has 0 aromatic heterocycles. The molecule has 0 unspecified atom stereocenters. The molecule has 0 aromatic rings. The number of carboxylic acids is 2. The zero-order valence-electron chi connectivity index (χ0n) is 10.0. The molecule has 1 atom stereocenters. The fraction of sp³-hybridized carbons (Fsp3) is 0.833. The quantitative estimate of drug-likeness (QED) is 0.444. The van der Waals surface area contributed by atoms with Gasteiger partial charge >= 0.3 is 11.9 Å². The maximum atomic E-state index is 10.3. The topological polar surface area (TPSA) is 74.6 Å². The van der Waals surface area contributed by atoms with E-state index in [1.807, 2.05) is 0 Å². The fourth-order valence-corrected chi connectivity index (χ4v) is 1.93. The highest BCUT2D eigenvalue weighted by Gasteiger charge is 2.08. The van der Waals surface area contributed by atoms with Crippen LogP contribution in [0.3, 0.4) is 0 Å². The Balaban J connectivity index is 3.18. The van der Waals surface area contributed by atoms with Gasteiger partial charge in [0, 0.05) is 11.8 Å². The zero-order valence-corrected chi connectivity index (χ0v) is 10.8. The van der Waals surface area contributed by atoms with Crippen LogP contribution in [0.25, 0.3) is 0 Å². The van der Waals surface area contributed by atoms with Gasteiger partial charge in [-0.3, -0.25) is 9.59 Å². The molecule has 0 heterocycles. The van der Waals surface area contributed by atoms with E-state index in [4.69, 9.17) is 21.8 Å². The van der Waals surface area contributed by atoms with Gasteiger partial charge < -0.3 is 10.2 Å². The molecule has 0 aliphatic rings. The van der Waals surface area contributed by atoms with Gasteiger partial charge in [0.1, 0.15) is 0 Å². The smallest absolute Gasteiger partial charge is 0.304 e. The average Bonchev–Trinajstić information content (AvgIpc) is 2.20. The van der Waals surface area contributed by atoms with Crippen LogP contribution in [-0.4, -0.2) is 27.5 Å². The first kappa shape index (κ1) is 16.2. The van der Waals surface area contributed by atoms with Crippen LogP contribution in [0.4, 0.5) is 0 Å². The second-order valence-electron chi connectivity index (χ2n) is 4.25. The molecule has 4 nitrogen and oxygen atoms in total. The van der Waals surface area contributed by atoms with E-state index >= 15 is 0 Å². The molecule has 5 heteroatoms. The Hall–Kier alpha value is -0.770. The lowest BCUT2D eigenvalue weighted by Gasteiger charge is -2.05. The van der Waals surface area contributed by atoms with Crippen molar-refractivity contribution in [3.63, 3.8) is 0 Å². The maximum Gasteiger partial charge on any atom is 0.304 e. The minimum atomic E-state index is -0.848. The predicted molar refractivity (Wildman–Crippen MR) is 66.5 cm³/mol. The van der Waals surface area contributed by atoms with E-state index in [0.29, 0.717) is 0 Å². The van der Waals surface area contributed by atoms with E-state index in [1.165, 1.54) is 0 Å². The molecule has 0 aromatic carbocycles. The van der Waals surface area contributed by atoms with Crippen molar-refractivity contribution in [2.24, 2.45) is 0 Å². The summed E-state index contributed by atoms with van der Waals surface area (Å²) in [6.07, 6.45) is 6.80. The normalized spacial score (nSPS) is 12.3. The van der Waals surface area contributed by atoms with Gasteiger partial charge in [-0.1, -0.05) is 32.1 Å². The number of aliphatic carboxylic acids is 2. The molecule has 0 aliphatic carbocycles. The van der Waals surface area contributed by atoms with Crippen LogP contribution in [-0.2, 0) is 9.59 Å². The van der Waals surface area contributed by atoms with Crippen molar-refractivity contribution < 1.29 is 19.8 Å². The molecule has 100 valence electrons. The lowest BCUT2D eigenvalue weighted by molar-refractivity contribution is -0.138. The van der Waals surface area contributed by atoms with Crippen molar-refractivity contribution in [1.82, 2.24) is 0 Å². The summed E-state index contributed by atoms with van der Waals surface area (Å²) in [6, 6.07) is 0. The number of hydrogen-bond acceptors (Lipinski definition) is 2. The largest absolute Gasteiger partial charge is 0.481 e. The molecule has 0 saturated carbocycles. The first-order valence-electron chi connectivity index (χ1n) is 6.10. The molecule has 0 aliphatic heterocycles. The molecule has 0 fully saturated rings. The fourth-order valence-electron chi connectivity index (χ4n) is 1.64. The Bertz CT molecular complexity index is 231. The van der Waals surface area contributed by atoms with Crippen LogP contribution in [0.1, 0.15) is 57.8 Å². The number of unbranched alkanes of at least 4 members (excludes halogenated alkanes) is 5.